The first-order valence-electron chi connectivity index (χ1n) is 5.79. The molecule has 1 N–H and O–H groups in total. The van der Waals surface area contributed by atoms with Crippen molar-refractivity contribution in [1.29, 1.82) is 0 Å². The number of hydrogen-bond donors (Lipinski definition) is 1. The van der Waals surface area contributed by atoms with Gasteiger partial charge in [0.15, 0.2) is 0 Å². The lowest BCUT2D eigenvalue weighted by atomic mass is 10.2. The van der Waals surface area contributed by atoms with Crippen molar-refractivity contribution >= 4 is 0 Å². The van der Waals surface area contributed by atoms with Crippen LogP contribution in [-0.4, -0.2) is 24.2 Å². The molecule has 4 nitrogen and oxygen atoms in total. The number of nitrogens with zero attached hydrogens (tertiary/aromatic N) is 1. The molecule has 1 aliphatic rings. The standard InChI is InChI=1S/C12H18N2O2/c1-3-9(2)16-11-5-4-10-8-13-6-7-15-12(10)14-11/h4-5,9,13H,3,6-8H2,1-2H3/t9-/m1/s1. The van der Waals surface area contributed by atoms with Crippen LogP contribution in [0.4, 0.5) is 0 Å². The molecule has 0 amide bonds. The molecular formula is C12H18N2O2. The monoisotopic (exact) mass is 222 g/mol. The van der Waals surface area contributed by atoms with Gasteiger partial charge in [-0.1, -0.05) is 6.92 Å². The van der Waals surface area contributed by atoms with Crippen molar-refractivity contribution in [2.24, 2.45) is 0 Å². The van der Waals surface area contributed by atoms with Gasteiger partial charge in [-0.2, -0.15) is 4.98 Å². The predicted octanol–water partition coefficient (Wildman–Crippen LogP) is 1.74. The molecule has 1 aliphatic heterocycles. The highest BCUT2D eigenvalue weighted by atomic mass is 16.5. The van der Waals surface area contributed by atoms with Crippen LogP contribution in [0.1, 0.15) is 25.8 Å². The molecule has 1 atom stereocenters. The van der Waals surface area contributed by atoms with Crippen LogP contribution < -0.4 is 14.8 Å². The van der Waals surface area contributed by atoms with Crippen LogP contribution in [0.5, 0.6) is 11.8 Å². The Kier molecular flexibility index (Phi) is 3.62. The normalized spacial score (nSPS) is 16.9. The molecule has 0 aromatic carbocycles. The van der Waals surface area contributed by atoms with Crippen molar-refractivity contribution in [2.45, 2.75) is 32.9 Å². The third-order valence-corrected chi connectivity index (χ3v) is 2.64. The summed E-state index contributed by atoms with van der Waals surface area (Å²) in [5, 5.41) is 3.27. The minimum atomic E-state index is 0.189. The van der Waals surface area contributed by atoms with Crippen molar-refractivity contribution in [3.63, 3.8) is 0 Å². The topological polar surface area (TPSA) is 43.4 Å². The molecule has 0 aliphatic carbocycles. The summed E-state index contributed by atoms with van der Waals surface area (Å²) in [5.74, 6) is 1.35. The Hall–Kier alpha value is -1.29. The Morgan fingerprint density at radius 1 is 1.56 bits per heavy atom. The van der Waals surface area contributed by atoms with Gasteiger partial charge in [0.2, 0.25) is 11.8 Å². The SMILES string of the molecule is CC[C@@H](C)Oc1ccc2c(n1)OCCNC2. The number of rotatable bonds is 3. The summed E-state index contributed by atoms with van der Waals surface area (Å²) in [7, 11) is 0. The third kappa shape index (κ3) is 2.64. The molecule has 0 saturated carbocycles. The van der Waals surface area contributed by atoms with E-state index in [-0.39, 0.29) is 6.10 Å². The van der Waals surface area contributed by atoms with Crippen LogP contribution in [0.2, 0.25) is 0 Å². The molecule has 0 saturated heterocycles. The maximum atomic E-state index is 5.66. The van der Waals surface area contributed by atoms with Crippen LogP contribution in [-0.2, 0) is 6.54 Å². The fourth-order valence-electron chi connectivity index (χ4n) is 1.51. The lowest BCUT2D eigenvalue weighted by molar-refractivity contribution is 0.204. The first-order valence-corrected chi connectivity index (χ1v) is 5.79. The molecule has 0 radical (unpaired) electrons. The van der Waals surface area contributed by atoms with E-state index in [4.69, 9.17) is 9.47 Å². The molecule has 1 aromatic rings. The largest absolute Gasteiger partial charge is 0.476 e. The summed E-state index contributed by atoms with van der Waals surface area (Å²) >= 11 is 0. The van der Waals surface area contributed by atoms with Crippen LogP contribution in [0, 0.1) is 0 Å². The molecule has 0 spiro atoms. The zero-order valence-electron chi connectivity index (χ0n) is 9.82. The fraction of sp³-hybridized carbons (Fsp3) is 0.583. The highest BCUT2D eigenvalue weighted by Gasteiger charge is 2.12. The van der Waals surface area contributed by atoms with Crippen LogP contribution in [0.15, 0.2) is 12.1 Å². The van der Waals surface area contributed by atoms with E-state index < -0.39 is 0 Å². The highest BCUT2D eigenvalue weighted by Crippen LogP contribution is 2.22. The van der Waals surface area contributed by atoms with Gasteiger partial charge in [-0.05, 0) is 19.4 Å². The Balaban J connectivity index is 2.14. The average molecular weight is 222 g/mol. The van der Waals surface area contributed by atoms with Gasteiger partial charge in [0, 0.05) is 24.7 Å². The summed E-state index contributed by atoms with van der Waals surface area (Å²) < 4.78 is 11.2. The number of ether oxygens (including phenoxy) is 2. The first kappa shape index (κ1) is 11.2. The van der Waals surface area contributed by atoms with Gasteiger partial charge in [-0.15, -0.1) is 0 Å². The van der Waals surface area contributed by atoms with Gasteiger partial charge >= 0.3 is 0 Å². The van der Waals surface area contributed by atoms with Gasteiger partial charge in [0.1, 0.15) is 6.61 Å². The van der Waals surface area contributed by atoms with E-state index in [2.05, 4.69) is 17.2 Å². The number of pyridine rings is 1. The molecule has 2 heterocycles. The van der Waals surface area contributed by atoms with Gasteiger partial charge in [0.05, 0.1) is 6.10 Å². The quantitative estimate of drug-likeness (QED) is 0.846. The summed E-state index contributed by atoms with van der Waals surface area (Å²) in [6.07, 6.45) is 1.16. The lowest BCUT2D eigenvalue weighted by Crippen LogP contribution is -2.16. The Morgan fingerprint density at radius 2 is 2.44 bits per heavy atom. The molecular weight excluding hydrogens is 204 g/mol. The maximum absolute atomic E-state index is 5.66. The molecule has 0 fully saturated rings. The second kappa shape index (κ2) is 5.16. The third-order valence-electron chi connectivity index (χ3n) is 2.64. The molecule has 0 unspecified atom stereocenters. The van der Waals surface area contributed by atoms with Gasteiger partial charge in [-0.25, -0.2) is 0 Å². The Bertz CT molecular complexity index is 355. The zero-order chi connectivity index (χ0) is 11.4. The summed E-state index contributed by atoms with van der Waals surface area (Å²) in [4.78, 5) is 4.38. The van der Waals surface area contributed by atoms with E-state index in [1.165, 1.54) is 0 Å². The minimum Gasteiger partial charge on any atom is -0.476 e. The maximum Gasteiger partial charge on any atom is 0.221 e. The van der Waals surface area contributed by atoms with E-state index in [0.29, 0.717) is 18.4 Å². The van der Waals surface area contributed by atoms with E-state index >= 15 is 0 Å². The van der Waals surface area contributed by atoms with E-state index in [0.717, 1.165) is 25.1 Å². The van der Waals surface area contributed by atoms with Crippen molar-refractivity contribution in [1.82, 2.24) is 10.3 Å². The molecule has 2 rings (SSSR count). The number of aromatic nitrogens is 1. The second-order valence-corrected chi connectivity index (χ2v) is 3.98. The fourth-order valence-corrected chi connectivity index (χ4v) is 1.51. The Labute approximate surface area is 96.0 Å². The van der Waals surface area contributed by atoms with E-state index in [1.807, 2.05) is 19.1 Å². The number of fused-ring (bicyclic) bond motifs is 1. The average Bonchev–Trinajstić information content (AvgIpc) is 2.53. The minimum absolute atomic E-state index is 0.189. The second-order valence-electron chi connectivity index (χ2n) is 3.98. The molecule has 1 aromatic heterocycles. The van der Waals surface area contributed by atoms with Crippen molar-refractivity contribution in [3.8, 4) is 11.8 Å². The molecule has 16 heavy (non-hydrogen) atoms. The molecule has 4 heteroatoms. The molecule has 88 valence electrons. The van der Waals surface area contributed by atoms with Crippen molar-refractivity contribution in [2.75, 3.05) is 13.2 Å². The van der Waals surface area contributed by atoms with Crippen molar-refractivity contribution < 1.29 is 9.47 Å². The summed E-state index contributed by atoms with van der Waals surface area (Å²) in [6, 6.07) is 3.92. The smallest absolute Gasteiger partial charge is 0.221 e. The van der Waals surface area contributed by atoms with Crippen LogP contribution in [0.3, 0.4) is 0 Å². The van der Waals surface area contributed by atoms with E-state index in [1.54, 1.807) is 0 Å². The first-order chi connectivity index (χ1) is 7.79. The lowest BCUT2D eigenvalue weighted by Gasteiger charge is -2.13. The van der Waals surface area contributed by atoms with Crippen LogP contribution >= 0.6 is 0 Å². The predicted molar refractivity (Wildman–Crippen MR) is 61.8 cm³/mol. The van der Waals surface area contributed by atoms with Crippen LogP contribution in [0.25, 0.3) is 0 Å². The molecule has 0 bridgehead atoms. The highest BCUT2D eigenvalue weighted by molar-refractivity contribution is 5.31. The van der Waals surface area contributed by atoms with Crippen molar-refractivity contribution in [3.05, 3.63) is 17.7 Å². The van der Waals surface area contributed by atoms with Gasteiger partial charge in [-0.3, -0.25) is 0 Å². The Morgan fingerprint density at radius 3 is 3.25 bits per heavy atom. The summed E-state index contributed by atoms with van der Waals surface area (Å²) in [6.45, 7) is 6.46. The zero-order valence-corrected chi connectivity index (χ0v) is 9.82. The number of hydrogen-bond acceptors (Lipinski definition) is 4. The van der Waals surface area contributed by atoms with E-state index in [9.17, 15) is 0 Å². The van der Waals surface area contributed by atoms with Gasteiger partial charge < -0.3 is 14.8 Å². The summed E-state index contributed by atoms with van der Waals surface area (Å²) in [5.41, 5.74) is 1.09. The van der Waals surface area contributed by atoms with Gasteiger partial charge in [0.25, 0.3) is 0 Å². The number of nitrogens with one attached hydrogen (secondary N) is 1.